The summed E-state index contributed by atoms with van der Waals surface area (Å²) >= 11 is 0. The van der Waals surface area contributed by atoms with Crippen LogP contribution in [0.3, 0.4) is 0 Å². The lowest BCUT2D eigenvalue weighted by molar-refractivity contribution is 0.169. The van der Waals surface area contributed by atoms with Crippen LogP contribution in [0.4, 0.5) is 0 Å². The summed E-state index contributed by atoms with van der Waals surface area (Å²) in [6.45, 7) is 4.42. The van der Waals surface area contributed by atoms with Crippen molar-refractivity contribution in [3.05, 3.63) is 29.3 Å². The summed E-state index contributed by atoms with van der Waals surface area (Å²) in [6.07, 6.45) is 6.28. The first-order chi connectivity index (χ1) is 7.33. The zero-order valence-electron chi connectivity index (χ0n) is 9.75. The maximum absolute atomic E-state index is 5.97. The summed E-state index contributed by atoms with van der Waals surface area (Å²) in [5.74, 6) is 1.14. The van der Waals surface area contributed by atoms with E-state index in [1.807, 2.05) is 0 Å². The van der Waals surface area contributed by atoms with Gasteiger partial charge in [0, 0.05) is 0 Å². The molecule has 1 aromatic rings. The van der Waals surface area contributed by atoms with Crippen molar-refractivity contribution in [3.63, 3.8) is 0 Å². The van der Waals surface area contributed by atoms with Crippen molar-refractivity contribution in [3.8, 4) is 5.75 Å². The predicted molar refractivity (Wildman–Crippen MR) is 70.2 cm³/mol. The van der Waals surface area contributed by atoms with Crippen LogP contribution in [0.5, 0.6) is 5.75 Å². The summed E-state index contributed by atoms with van der Waals surface area (Å²) < 4.78 is 5.97. The second-order valence-corrected chi connectivity index (χ2v) is 4.38. The molecule has 0 N–H and O–H groups in total. The normalized spacial score (nSPS) is 18.2. The van der Waals surface area contributed by atoms with Crippen LogP contribution in [0.2, 0.25) is 0 Å². The van der Waals surface area contributed by atoms with Crippen LogP contribution in [0.1, 0.15) is 51.7 Å². The minimum atomic E-state index is 0. The number of ether oxygens (including phenoxy) is 1. The SMILES string of the molecule is C.CCCc1ccc2c(c1)OC(CC)CC2. The summed E-state index contributed by atoms with van der Waals surface area (Å²) in [6, 6.07) is 6.73. The Bertz CT molecular complexity index is 330. The van der Waals surface area contributed by atoms with Gasteiger partial charge < -0.3 is 4.74 Å². The molecule has 2 rings (SSSR count). The summed E-state index contributed by atoms with van der Waals surface area (Å²) in [7, 11) is 0. The average Bonchev–Trinajstić information content (AvgIpc) is 2.28. The molecule has 1 aliphatic heterocycles. The van der Waals surface area contributed by atoms with Gasteiger partial charge in [0.2, 0.25) is 0 Å². The average molecular weight is 220 g/mol. The molecule has 0 aliphatic carbocycles. The van der Waals surface area contributed by atoms with Gasteiger partial charge in [0.25, 0.3) is 0 Å². The van der Waals surface area contributed by atoms with Gasteiger partial charge in [0.05, 0.1) is 6.10 Å². The molecule has 1 heterocycles. The van der Waals surface area contributed by atoms with E-state index in [0.717, 1.165) is 18.6 Å². The van der Waals surface area contributed by atoms with Gasteiger partial charge >= 0.3 is 0 Å². The molecule has 90 valence electrons. The van der Waals surface area contributed by atoms with E-state index in [1.165, 1.54) is 30.4 Å². The molecule has 0 spiro atoms. The molecule has 0 fully saturated rings. The quantitative estimate of drug-likeness (QED) is 0.734. The van der Waals surface area contributed by atoms with E-state index in [-0.39, 0.29) is 7.43 Å². The van der Waals surface area contributed by atoms with Crippen molar-refractivity contribution in [1.29, 1.82) is 0 Å². The highest BCUT2D eigenvalue weighted by atomic mass is 16.5. The molecule has 1 heteroatoms. The molecule has 0 aromatic heterocycles. The first-order valence-electron chi connectivity index (χ1n) is 6.12. The van der Waals surface area contributed by atoms with Crippen LogP contribution in [0, 0.1) is 0 Å². The Morgan fingerprint density at radius 3 is 2.81 bits per heavy atom. The number of fused-ring (bicyclic) bond motifs is 1. The minimum Gasteiger partial charge on any atom is -0.490 e. The van der Waals surface area contributed by atoms with Gasteiger partial charge in [-0.2, -0.15) is 0 Å². The van der Waals surface area contributed by atoms with Gasteiger partial charge in [-0.1, -0.05) is 39.8 Å². The van der Waals surface area contributed by atoms with E-state index in [2.05, 4.69) is 32.0 Å². The van der Waals surface area contributed by atoms with Crippen molar-refractivity contribution in [2.24, 2.45) is 0 Å². The lowest BCUT2D eigenvalue weighted by Gasteiger charge is -2.25. The van der Waals surface area contributed by atoms with Gasteiger partial charge in [0.1, 0.15) is 5.75 Å². The van der Waals surface area contributed by atoms with Crippen LogP contribution >= 0.6 is 0 Å². The van der Waals surface area contributed by atoms with E-state index in [1.54, 1.807) is 0 Å². The Morgan fingerprint density at radius 1 is 1.31 bits per heavy atom. The molecule has 1 unspecified atom stereocenters. The van der Waals surface area contributed by atoms with E-state index in [9.17, 15) is 0 Å². The fourth-order valence-electron chi connectivity index (χ4n) is 2.20. The van der Waals surface area contributed by atoms with Crippen LogP contribution < -0.4 is 4.74 Å². The molecular formula is C15H24O. The van der Waals surface area contributed by atoms with Crippen LogP contribution in [-0.4, -0.2) is 6.10 Å². The Hall–Kier alpha value is -0.980. The van der Waals surface area contributed by atoms with Crippen molar-refractivity contribution in [2.75, 3.05) is 0 Å². The molecule has 0 bridgehead atoms. The molecule has 16 heavy (non-hydrogen) atoms. The Balaban J connectivity index is 0.00000128. The summed E-state index contributed by atoms with van der Waals surface area (Å²) in [4.78, 5) is 0. The van der Waals surface area contributed by atoms with E-state index >= 15 is 0 Å². The highest BCUT2D eigenvalue weighted by Crippen LogP contribution is 2.29. The fourth-order valence-corrected chi connectivity index (χ4v) is 2.20. The third-order valence-corrected chi connectivity index (χ3v) is 3.15. The first kappa shape index (κ1) is 13.1. The predicted octanol–water partition coefficient (Wildman–Crippen LogP) is 4.38. The maximum atomic E-state index is 5.97. The number of rotatable bonds is 3. The fraction of sp³-hybridized carbons (Fsp3) is 0.600. The Labute approximate surface area is 99.8 Å². The second kappa shape index (κ2) is 5.93. The lowest BCUT2D eigenvalue weighted by atomic mass is 9.98. The van der Waals surface area contributed by atoms with Crippen LogP contribution in [0.25, 0.3) is 0 Å². The molecular weight excluding hydrogens is 196 g/mol. The highest BCUT2D eigenvalue weighted by Gasteiger charge is 2.17. The van der Waals surface area contributed by atoms with Gasteiger partial charge in [-0.05, 0) is 42.9 Å². The Kier molecular flexibility index (Phi) is 4.85. The van der Waals surface area contributed by atoms with E-state index < -0.39 is 0 Å². The van der Waals surface area contributed by atoms with Gasteiger partial charge in [-0.25, -0.2) is 0 Å². The molecule has 1 aliphatic rings. The topological polar surface area (TPSA) is 9.23 Å². The molecule has 0 radical (unpaired) electrons. The zero-order chi connectivity index (χ0) is 10.7. The molecule has 0 saturated heterocycles. The largest absolute Gasteiger partial charge is 0.490 e. The van der Waals surface area contributed by atoms with Crippen LogP contribution in [0.15, 0.2) is 18.2 Å². The van der Waals surface area contributed by atoms with Crippen molar-refractivity contribution in [1.82, 2.24) is 0 Å². The number of benzene rings is 1. The smallest absolute Gasteiger partial charge is 0.123 e. The van der Waals surface area contributed by atoms with Crippen molar-refractivity contribution in [2.45, 2.75) is 59.5 Å². The van der Waals surface area contributed by atoms with Crippen molar-refractivity contribution < 1.29 is 4.74 Å². The molecule has 1 atom stereocenters. The van der Waals surface area contributed by atoms with Gasteiger partial charge in [0.15, 0.2) is 0 Å². The van der Waals surface area contributed by atoms with E-state index in [4.69, 9.17) is 4.74 Å². The monoisotopic (exact) mass is 220 g/mol. The third-order valence-electron chi connectivity index (χ3n) is 3.15. The summed E-state index contributed by atoms with van der Waals surface area (Å²) in [5, 5.41) is 0. The van der Waals surface area contributed by atoms with Crippen LogP contribution in [-0.2, 0) is 12.8 Å². The number of hydrogen-bond acceptors (Lipinski definition) is 1. The standard InChI is InChI=1S/C14H20O.CH4/c1-3-5-11-6-7-12-8-9-13(4-2)15-14(12)10-11;/h6-7,10,13H,3-5,8-9H2,1-2H3;1H4. The molecule has 0 saturated carbocycles. The van der Waals surface area contributed by atoms with Crippen molar-refractivity contribution >= 4 is 0 Å². The molecule has 0 amide bonds. The first-order valence-corrected chi connectivity index (χ1v) is 6.12. The summed E-state index contributed by atoms with van der Waals surface area (Å²) in [5.41, 5.74) is 2.80. The second-order valence-electron chi connectivity index (χ2n) is 4.38. The zero-order valence-corrected chi connectivity index (χ0v) is 9.75. The van der Waals surface area contributed by atoms with Gasteiger partial charge in [-0.15, -0.1) is 0 Å². The Morgan fingerprint density at radius 2 is 2.12 bits per heavy atom. The number of aryl methyl sites for hydroxylation is 2. The minimum absolute atomic E-state index is 0. The highest BCUT2D eigenvalue weighted by molar-refractivity contribution is 5.39. The lowest BCUT2D eigenvalue weighted by Crippen LogP contribution is -2.21. The third kappa shape index (κ3) is 2.78. The molecule has 1 aromatic carbocycles. The van der Waals surface area contributed by atoms with E-state index in [0.29, 0.717) is 6.10 Å². The number of hydrogen-bond donors (Lipinski definition) is 0. The van der Waals surface area contributed by atoms with Gasteiger partial charge in [-0.3, -0.25) is 0 Å². The molecule has 1 nitrogen and oxygen atoms in total. The maximum Gasteiger partial charge on any atom is 0.123 e.